The van der Waals surface area contributed by atoms with E-state index in [0.29, 0.717) is 5.92 Å². The van der Waals surface area contributed by atoms with Crippen molar-refractivity contribution in [2.45, 2.75) is 18.8 Å². The van der Waals surface area contributed by atoms with Crippen LogP contribution >= 0.6 is 11.6 Å². The summed E-state index contributed by atoms with van der Waals surface area (Å²) < 4.78 is 12.9. The van der Waals surface area contributed by atoms with Gasteiger partial charge in [0.2, 0.25) is 0 Å². The van der Waals surface area contributed by atoms with Crippen molar-refractivity contribution < 1.29 is 4.39 Å². The molecule has 1 N–H and O–H groups in total. The lowest BCUT2D eigenvalue weighted by atomic mass is 9.92. The number of benzene rings is 1. The third-order valence-electron chi connectivity index (χ3n) is 2.71. The van der Waals surface area contributed by atoms with E-state index in [1.165, 1.54) is 12.5 Å². The molecule has 1 heterocycles. The molecule has 0 amide bonds. The van der Waals surface area contributed by atoms with E-state index in [4.69, 9.17) is 11.6 Å². The first-order valence-corrected chi connectivity index (χ1v) is 5.31. The molecule has 0 aromatic heterocycles. The monoisotopic (exact) mass is 213 g/mol. The first-order valence-electron chi connectivity index (χ1n) is 4.93. The van der Waals surface area contributed by atoms with Crippen LogP contribution in [0, 0.1) is 5.82 Å². The Kier molecular flexibility index (Phi) is 3.04. The molecule has 1 aromatic carbocycles. The molecule has 1 atom stereocenters. The fraction of sp³-hybridized carbons (Fsp3) is 0.455. The molecule has 0 saturated carbocycles. The van der Waals surface area contributed by atoms with Crippen LogP contribution in [0.15, 0.2) is 18.2 Å². The van der Waals surface area contributed by atoms with Crippen LogP contribution in [0.1, 0.15) is 24.3 Å². The number of rotatable bonds is 1. The Morgan fingerprint density at radius 3 is 2.93 bits per heavy atom. The molecule has 0 unspecified atom stereocenters. The molecule has 0 spiro atoms. The highest BCUT2D eigenvalue weighted by Crippen LogP contribution is 2.26. The third-order valence-corrected chi connectivity index (χ3v) is 3.00. The minimum absolute atomic E-state index is 0.230. The van der Waals surface area contributed by atoms with Crippen LogP contribution in [-0.4, -0.2) is 13.1 Å². The van der Waals surface area contributed by atoms with Gasteiger partial charge >= 0.3 is 0 Å². The van der Waals surface area contributed by atoms with Crippen molar-refractivity contribution in [1.29, 1.82) is 0 Å². The van der Waals surface area contributed by atoms with Crippen molar-refractivity contribution in [3.8, 4) is 0 Å². The first kappa shape index (κ1) is 9.94. The number of hydrogen-bond donors (Lipinski definition) is 1. The summed E-state index contributed by atoms with van der Waals surface area (Å²) in [4.78, 5) is 0. The molecule has 2 rings (SSSR count). The zero-order valence-corrected chi connectivity index (χ0v) is 8.65. The molecule has 14 heavy (non-hydrogen) atoms. The highest BCUT2D eigenvalue weighted by molar-refractivity contribution is 6.30. The van der Waals surface area contributed by atoms with E-state index < -0.39 is 0 Å². The molecule has 1 aliphatic rings. The number of hydrogen-bond acceptors (Lipinski definition) is 1. The molecule has 1 aromatic rings. The Balaban J connectivity index is 2.18. The second-order valence-electron chi connectivity index (χ2n) is 3.72. The van der Waals surface area contributed by atoms with Gasteiger partial charge in [0.1, 0.15) is 5.82 Å². The van der Waals surface area contributed by atoms with E-state index in [1.54, 1.807) is 6.07 Å². The summed E-state index contributed by atoms with van der Waals surface area (Å²) in [6, 6.07) is 5.03. The minimum atomic E-state index is -0.334. The van der Waals surface area contributed by atoms with Gasteiger partial charge in [0.15, 0.2) is 0 Å². The van der Waals surface area contributed by atoms with Gasteiger partial charge in [-0.25, -0.2) is 4.39 Å². The Hall–Kier alpha value is -0.600. The molecule has 0 aliphatic carbocycles. The number of nitrogens with one attached hydrogen (secondary N) is 1. The van der Waals surface area contributed by atoms with Gasteiger partial charge in [0, 0.05) is 6.54 Å². The summed E-state index contributed by atoms with van der Waals surface area (Å²) in [6.45, 7) is 2.06. The van der Waals surface area contributed by atoms with Crippen molar-refractivity contribution in [3.63, 3.8) is 0 Å². The maximum absolute atomic E-state index is 12.9. The molecule has 0 radical (unpaired) electrons. The van der Waals surface area contributed by atoms with Crippen molar-refractivity contribution in [2.24, 2.45) is 0 Å². The van der Waals surface area contributed by atoms with Crippen LogP contribution in [-0.2, 0) is 0 Å². The fourth-order valence-electron chi connectivity index (χ4n) is 1.90. The summed E-state index contributed by atoms with van der Waals surface area (Å²) >= 11 is 5.74. The highest BCUT2D eigenvalue weighted by atomic mass is 35.5. The number of halogens is 2. The van der Waals surface area contributed by atoms with E-state index in [1.807, 2.05) is 6.07 Å². The van der Waals surface area contributed by atoms with Crippen LogP contribution in [0.5, 0.6) is 0 Å². The van der Waals surface area contributed by atoms with Gasteiger partial charge < -0.3 is 5.32 Å². The minimum Gasteiger partial charge on any atom is -0.316 e. The van der Waals surface area contributed by atoms with Crippen molar-refractivity contribution in [3.05, 3.63) is 34.6 Å². The van der Waals surface area contributed by atoms with Crippen molar-refractivity contribution in [2.75, 3.05) is 13.1 Å². The molecule has 76 valence electrons. The predicted molar refractivity (Wildman–Crippen MR) is 56.3 cm³/mol. The number of piperidine rings is 1. The molecule has 1 nitrogen and oxygen atoms in total. The quantitative estimate of drug-likeness (QED) is 0.757. The van der Waals surface area contributed by atoms with E-state index in [2.05, 4.69) is 5.32 Å². The zero-order valence-electron chi connectivity index (χ0n) is 7.89. The Bertz CT molecular complexity index is 321. The Morgan fingerprint density at radius 1 is 1.43 bits per heavy atom. The average molecular weight is 214 g/mol. The predicted octanol–water partition coefficient (Wildman–Crippen LogP) is 2.95. The van der Waals surface area contributed by atoms with Crippen molar-refractivity contribution in [1.82, 2.24) is 5.32 Å². The van der Waals surface area contributed by atoms with E-state index in [0.717, 1.165) is 25.1 Å². The van der Waals surface area contributed by atoms with Crippen LogP contribution in [0.4, 0.5) is 4.39 Å². The normalized spacial score (nSPS) is 22.3. The second-order valence-corrected chi connectivity index (χ2v) is 4.12. The van der Waals surface area contributed by atoms with Crippen molar-refractivity contribution >= 4 is 11.6 Å². The summed E-state index contributed by atoms with van der Waals surface area (Å²) in [5.41, 5.74) is 1.14. The highest BCUT2D eigenvalue weighted by Gasteiger charge is 2.15. The van der Waals surface area contributed by atoms with Crippen LogP contribution < -0.4 is 5.32 Å². The summed E-state index contributed by atoms with van der Waals surface area (Å²) in [5.74, 6) is 0.154. The zero-order chi connectivity index (χ0) is 9.97. The lowest BCUT2D eigenvalue weighted by Gasteiger charge is -2.23. The smallest absolute Gasteiger partial charge is 0.141 e. The molecule has 1 fully saturated rings. The lowest BCUT2D eigenvalue weighted by Crippen LogP contribution is -2.28. The van der Waals surface area contributed by atoms with Gasteiger partial charge in [-0.05, 0) is 43.0 Å². The Morgan fingerprint density at radius 2 is 2.29 bits per heavy atom. The van der Waals surface area contributed by atoms with Gasteiger partial charge in [-0.2, -0.15) is 0 Å². The SMILES string of the molecule is Fc1ccc([C@@H]2CCCNC2)cc1Cl. The standard InChI is InChI=1S/C11H13ClFN/c12-10-6-8(3-4-11(10)13)9-2-1-5-14-7-9/h3-4,6,9,14H,1-2,5,7H2/t9-/m1/s1. The van der Waals surface area contributed by atoms with Crippen LogP contribution in [0.25, 0.3) is 0 Å². The second kappa shape index (κ2) is 4.28. The lowest BCUT2D eigenvalue weighted by molar-refractivity contribution is 0.461. The van der Waals surface area contributed by atoms with Crippen LogP contribution in [0.3, 0.4) is 0 Å². The third kappa shape index (κ3) is 2.07. The molecule has 1 aliphatic heterocycles. The molecule has 0 bridgehead atoms. The summed E-state index contributed by atoms with van der Waals surface area (Å²) in [7, 11) is 0. The van der Waals surface area contributed by atoms with Gasteiger partial charge in [0.05, 0.1) is 5.02 Å². The Labute approximate surface area is 88.3 Å². The molecular formula is C11H13ClFN. The maximum Gasteiger partial charge on any atom is 0.141 e. The van der Waals surface area contributed by atoms with E-state index >= 15 is 0 Å². The van der Waals surface area contributed by atoms with Gasteiger partial charge in [-0.15, -0.1) is 0 Å². The fourth-order valence-corrected chi connectivity index (χ4v) is 2.09. The maximum atomic E-state index is 12.9. The molecule has 1 saturated heterocycles. The summed E-state index contributed by atoms with van der Waals surface area (Å²) in [5, 5.41) is 3.56. The average Bonchev–Trinajstić information content (AvgIpc) is 2.23. The van der Waals surface area contributed by atoms with Crippen LogP contribution in [0.2, 0.25) is 5.02 Å². The van der Waals surface area contributed by atoms with E-state index in [9.17, 15) is 4.39 Å². The molecule has 3 heteroatoms. The van der Waals surface area contributed by atoms with E-state index in [-0.39, 0.29) is 10.8 Å². The van der Waals surface area contributed by atoms with Gasteiger partial charge in [-0.1, -0.05) is 17.7 Å². The largest absolute Gasteiger partial charge is 0.316 e. The van der Waals surface area contributed by atoms with Gasteiger partial charge in [-0.3, -0.25) is 0 Å². The summed E-state index contributed by atoms with van der Waals surface area (Å²) in [6.07, 6.45) is 2.34. The topological polar surface area (TPSA) is 12.0 Å². The van der Waals surface area contributed by atoms with Gasteiger partial charge in [0.25, 0.3) is 0 Å². The molecular weight excluding hydrogens is 201 g/mol. The first-order chi connectivity index (χ1) is 6.77.